The van der Waals surface area contributed by atoms with Gasteiger partial charge >= 0.3 is 0 Å². The number of carbonyl (C=O) groups is 1. The maximum Gasteiger partial charge on any atom is 0.214 e. The van der Waals surface area contributed by atoms with E-state index in [9.17, 15) is 4.79 Å². The second kappa shape index (κ2) is 3.79. The number of fused-ring (bicyclic) bond motifs is 1. The molecule has 3 rings (SSSR count). The van der Waals surface area contributed by atoms with E-state index in [1.54, 1.807) is 30.6 Å². The minimum atomic E-state index is -0.157. The van der Waals surface area contributed by atoms with Gasteiger partial charge in [0.15, 0.2) is 11.3 Å². The Hall–Kier alpha value is -2.56. The zero-order chi connectivity index (χ0) is 11.7. The van der Waals surface area contributed by atoms with E-state index < -0.39 is 0 Å². The van der Waals surface area contributed by atoms with E-state index in [0.717, 1.165) is 0 Å². The highest BCUT2D eigenvalue weighted by Crippen LogP contribution is 2.07. The number of aromatic nitrogens is 4. The molecule has 1 aromatic carbocycles. The number of ketones is 1. The molecule has 0 N–H and O–H groups in total. The van der Waals surface area contributed by atoms with Gasteiger partial charge in [0, 0.05) is 11.6 Å². The van der Waals surface area contributed by atoms with Crippen LogP contribution in [0.2, 0.25) is 0 Å². The maximum atomic E-state index is 12.1. The summed E-state index contributed by atoms with van der Waals surface area (Å²) < 4.78 is 1.53. The lowest BCUT2D eigenvalue weighted by Gasteiger charge is -1.99. The highest BCUT2D eigenvalue weighted by molar-refractivity contribution is 6.07. The summed E-state index contributed by atoms with van der Waals surface area (Å²) in [7, 11) is 0. The fourth-order valence-electron chi connectivity index (χ4n) is 1.57. The molecule has 0 saturated carbocycles. The molecule has 2 heterocycles. The van der Waals surface area contributed by atoms with Crippen LogP contribution in [0.4, 0.5) is 0 Å². The van der Waals surface area contributed by atoms with Gasteiger partial charge in [-0.3, -0.25) is 4.79 Å². The number of nitrogens with zero attached hydrogens (tertiary/aromatic N) is 4. The van der Waals surface area contributed by atoms with Gasteiger partial charge in [-0.05, 0) is 0 Å². The summed E-state index contributed by atoms with van der Waals surface area (Å²) in [6.07, 6.45) is 3.19. The zero-order valence-corrected chi connectivity index (χ0v) is 8.82. The quantitative estimate of drug-likeness (QED) is 0.616. The average Bonchev–Trinajstić information content (AvgIpc) is 2.86. The number of benzene rings is 1. The number of rotatable bonds is 2. The molecule has 5 nitrogen and oxygen atoms in total. The van der Waals surface area contributed by atoms with E-state index in [0.29, 0.717) is 11.2 Å². The molecule has 5 heteroatoms. The van der Waals surface area contributed by atoms with E-state index >= 15 is 0 Å². The first-order chi connectivity index (χ1) is 8.34. The van der Waals surface area contributed by atoms with Crippen LogP contribution in [-0.4, -0.2) is 25.6 Å². The third-order valence-electron chi connectivity index (χ3n) is 2.42. The predicted octanol–water partition coefficient (Wildman–Crippen LogP) is 1.36. The van der Waals surface area contributed by atoms with Crippen LogP contribution in [0.5, 0.6) is 0 Å². The van der Waals surface area contributed by atoms with Crippen LogP contribution in [0.3, 0.4) is 0 Å². The lowest BCUT2D eigenvalue weighted by Crippen LogP contribution is -2.07. The summed E-state index contributed by atoms with van der Waals surface area (Å²) in [5.74, 6) is -0.157. The monoisotopic (exact) mass is 224 g/mol. The minimum absolute atomic E-state index is 0.157. The Morgan fingerprint density at radius 2 is 1.88 bits per heavy atom. The number of hydrogen-bond donors (Lipinski definition) is 0. The molecule has 0 atom stereocenters. The summed E-state index contributed by atoms with van der Waals surface area (Å²) in [6, 6.07) is 10.7. The molecule has 0 aliphatic rings. The van der Waals surface area contributed by atoms with Gasteiger partial charge in [0.25, 0.3) is 0 Å². The highest BCUT2D eigenvalue weighted by Gasteiger charge is 2.11. The molecule has 0 aliphatic carbocycles. The number of carbonyl (C=O) groups excluding carboxylic acids is 1. The van der Waals surface area contributed by atoms with Crippen molar-refractivity contribution in [3.63, 3.8) is 0 Å². The first kappa shape index (κ1) is 9.65. The maximum absolute atomic E-state index is 12.1. The largest absolute Gasteiger partial charge is 0.287 e. The molecule has 0 radical (unpaired) electrons. The Bertz CT molecular complexity index is 675. The van der Waals surface area contributed by atoms with Crippen LogP contribution >= 0.6 is 0 Å². The predicted molar refractivity (Wildman–Crippen MR) is 60.7 cm³/mol. The molecule has 0 spiro atoms. The molecular weight excluding hydrogens is 216 g/mol. The second-order valence-electron chi connectivity index (χ2n) is 3.54. The molecule has 0 amide bonds. The van der Waals surface area contributed by atoms with Crippen LogP contribution in [0.1, 0.15) is 16.1 Å². The molecule has 17 heavy (non-hydrogen) atoms. The third kappa shape index (κ3) is 1.67. The van der Waals surface area contributed by atoms with Crippen molar-refractivity contribution in [1.29, 1.82) is 0 Å². The molecule has 2 aromatic heterocycles. The lowest BCUT2D eigenvalue weighted by atomic mass is 10.1. The van der Waals surface area contributed by atoms with Gasteiger partial charge in [-0.15, -0.1) is 10.2 Å². The second-order valence-corrected chi connectivity index (χ2v) is 3.54. The van der Waals surface area contributed by atoms with Gasteiger partial charge in [0.2, 0.25) is 5.78 Å². The molecule has 0 unspecified atom stereocenters. The fraction of sp³-hybridized carbons (Fsp3) is 0. The topological polar surface area (TPSA) is 60.2 Å². The molecule has 0 fully saturated rings. The Labute approximate surface area is 96.7 Å². The Balaban J connectivity index is 2.06. The van der Waals surface area contributed by atoms with Crippen molar-refractivity contribution >= 4 is 11.4 Å². The third-order valence-corrected chi connectivity index (χ3v) is 2.42. The van der Waals surface area contributed by atoms with Crippen molar-refractivity contribution in [1.82, 2.24) is 19.8 Å². The van der Waals surface area contributed by atoms with Gasteiger partial charge in [-0.25, -0.2) is 4.52 Å². The minimum Gasteiger partial charge on any atom is -0.287 e. The zero-order valence-electron chi connectivity index (χ0n) is 8.82. The fourth-order valence-corrected chi connectivity index (χ4v) is 1.57. The van der Waals surface area contributed by atoms with Crippen molar-refractivity contribution in [2.45, 2.75) is 0 Å². The van der Waals surface area contributed by atoms with Crippen LogP contribution in [0.25, 0.3) is 5.65 Å². The van der Waals surface area contributed by atoms with Crippen molar-refractivity contribution in [3.05, 3.63) is 60.0 Å². The normalized spacial score (nSPS) is 10.6. The summed E-state index contributed by atoms with van der Waals surface area (Å²) in [4.78, 5) is 12.1. The van der Waals surface area contributed by atoms with Crippen LogP contribution in [0, 0.1) is 0 Å². The van der Waals surface area contributed by atoms with Crippen LogP contribution in [-0.2, 0) is 0 Å². The molecule has 0 saturated heterocycles. The van der Waals surface area contributed by atoms with Gasteiger partial charge in [-0.2, -0.15) is 5.10 Å². The van der Waals surface area contributed by atoms with Crippen molar-refractivity contribution in [3.8, 4) is 0 Å². The van der Waals surface area contributed by atoms with E-state index in [2.05, 4.69) is 15.3 Å². The standard InChI is InChI=1S/C12H8N4O/c17-12(9-4-2-1-3-5-9)10-8-16-11(15-14-10)6-7-13-16/h1-8H. The summed E-state index contributed by atoms with van der Waals surface area (Å²) in [6.45, 7) is 0. The van der Waals surface area contributed by atoms with E-state index in [1.807, 2.05) is 18.2 Å². The first-order valence-electron chi connectivity index (χ1n) is 5.11. The Morgan fingerprint density at radius 3 is 2.71 bits per heavy atom. The van der Waals surface area contributed by atoms with Crippen LogP contribution in [0.15, 0.2) is 48.8 Å². The van der Waals surface area contributed by atoms with Gasteiger partial charge in [0.1, 0.15) is 0 Å². The smallest absolute Gasteiger partial charge is 0.214 e. The van der Waals surface area contributed by atoms with Gasteiger partial charge in [0.05, 0.1) is 12.4 Å². The van der Waals surface area contributed by atoms with Gasteiger partial charge in [-0.1, -0.05) is 30.3 Å². The Kier molecular flexibility index (Phi) is 2.15. The molecule has 3 aromatic rings. The van der Waals surface area contributed by atoms with Gasteiger partial charge < -0.3 is 0 Å². The molecule has 0 aliphatic heterocycles. The van der Waals surface area contributed by atoms with E-state index in [-0.39, 0.29) is 11.5 Å². The van der Waals surface area contributed by atoms with Crippen molar-refractivity contribution in [2.75, 3.05) is 0 Å². The molecule has 82 valence electrons. The van der Waals surface area contributed by atoms with Crippen molar-refractivity contribution < 1.29 is 4.79 Å². The summed E-state index contributed by atoms with van der Waals surface area (Å²) in [5, 5.41) is 11.8. The lowest BCUT2D eigenvalue weighted by molar-refractivity contribution is 0.103. The number of hydrogen-bond acceptors (Lipinski definition) is 4. The first-order valence-corrected chi connectivity index (χ1v) is 5.11. The summed E-state index contributed by atoms with van der Waals surface area (Å²) in [5.41, 5.74) is 1.50. The van der Waals surface area contributed by atoms with Crippen LogP contribution < -0.4 is 0 Å². The summed E-state index contributed by atoms with van der Waals surface area (Å²) >= 11 is 0. The highest BCUT2D eigenvalue weighted by atomic mass is 16.1. The SMILES string of the molecule is O=C(c1ccccc1)c1cn2nccc2nn1. The van der Waals surface area contributed by atoms with Crippen molar-refractivity contribution in [2.24, 2.45) is 0 Å². The Morgan fingerprint density at radius 1 is 1.06 bits per heavy atom. The molecular formula is C12H8N4O. The van der Waals surface area contributed by atoms with E-state index in [1.165, 1.54) is 4.52 Å². The average molecular weight is 224 g/mol. The van der Waals surface area contributed by atoms with E-state index in [4.69, 9.17) is 0 Å². The molecule has 0 bridgehead atoms.